The summed E-state index contributed by atoms with van der Waals surface area (Å²) in [5.74, 6) is -0.958. The van der Waals surface area contributed by atoms with Crippen molar-refractivity contribution in [2.75, 3.05) is 17.2 Å². The largest absolute Gasteiger partial charge is 0.484 e. The number of carbonyl (C=O) groups is 1. The molecule has 0 aliphatic rings. The van der Waals surface area contributed by atoms with Crippen LogP contribution in [-0.2, 0) is 4.79 Å². The van der Waals surface area contributed by atoms with Gasteiger partial charge >= 0.3 is 0 Å². The maximum Gasteiger partial charge on any atom is 0.262 e. The fourth-order valence-corrected chi connectivity index (χ4v) is 2.15. The lowest BCUT2D eigenvalue weighted by atomic mass is 10.3. The fraction of sp³-hybridized carbons (Fsp3) is 0.0526. The number of nitrogens with zero attached hydrogens (tertiary/aromatic N) is 1. The van der Waals surface area contributed by atoms with Gasteiger partial charge in [0.15, 0.2) is 6.61 Å². The standard InChI is InChI=1S/C19H15F2N3O2/c20-15-7-4-8-16(21)19(15)24-17-10-9-13(11-22-17)23-18(25)12-26-14-5-2-1-3-6-14/h1-11H,12H2,(H,22,24)(H,23,25). The molecular weight excluding hydrogens is 340 g/mol. The second-order valence-electron chi connectivity index (χ2n) is 5.30. The van der Waals surface area contributed by atoms with E-state index in [2.05, 4.69) is 15.6 Å². The molecule has 0 aliphatic carbocycles. The first-order valence-corrected chi connectivity index (χ1v) is 7.76. The molecule has 5 nitrogen and oxygen atoms in total. The molecule has 3 aromatic rings. The predicted octanol–water partition coefficient (Wildman–Crippen LogP) is 4.12. The second kappa shape index (κ2) is 8.06. The van der Waals surface area contributed by atoms with Gasteiger partial charge in [-0.3, -0.25) is 4.79 Å². The van der Waals surface area contributed by atoms with E-state index in [9.17, 15) is 13.6 Å². The highest BCUT2D eigenvalue weighted by Gasteiger charge is 2.09. The second-order valence-corrected chi connectivity index (χ2v) is 5.30. The van der Waals surface area contributed by atoms with Crippen LogP contribution in [-0.4, -0.2) is 17.5 Å². The first kappa shape index (κ1) is 17.3. The molecule has 0 radical (unpaired) electrons. The molecule has 0 spiro atoms. The van der Waals surface area contributed by atoms with E-state index >= 15 is 0 Å². The van der Waals surface area contributed by atoms with Crippen LogP contribution >= 0.6 is 0 Å². The Morgan fingerprint density at radius 2 is 1.69 bits per heavy atom. The Hall–Kier alpha value is -3.48. The average molecular weight is 355 g/mol. The minimum absolute atomic E-state index is 0.148. The summed E-state index contributed by atoms with van der Waals surface area (Å²) in [5.41, 5.74) is 0.152. The van der Waals surface area contributed by atoms with Crippen LogP contribution in [0.25, 0.3) is 0 Å². The van der Waals surface area contributed by atoms with Crippen molar-refractivity contribution in [3.63, 3.8) is 0 Å². The molecule has 3 rings (SSSR count). The number of para-hydroxylation sites is 2. The van der Waals surface area contributed by atoms with E-state index < -0.39 is 11.6 Å². The summed E-state index contributed by atoms with van der Waals surface area (Å²) >= 11 is 0. The minimum atomic E-state index is -0.720. The van der Waals surface area contributed by atoms with E-state index in [1.54, 1.807) is 30.3 Å². The summed E-state index contributed by atoms with van der Waals surface area (Å²) in [6, 6.07) is 15.6. The number of rotatable bonds is 6. The normalized spacial score (nSPS) is 10.2. The number of halogens is 2. The van der Waals surface area contributed by atoms with Crippen LogP contribution in [0.2, 0.25) is 0 Å². The predicted molar refractivity (Wildman–Crippen MR) is 94.4 cm³/mol. The highest BCUT2D eigenvalue weighted by Crippen LogP contribution is 2.22. The topological polar surface area (TPSA) is 63.2 Å². The van der Waals surface area contributed by atoms with Crippen molar-refractivity contribution in [1.82, 2.24) is 4.98 Å². The van der Waals surface area contributed by atoms with Gasteiger partial charge in [-0.25, -0.2) is 13.8 Å². The lowest BCUT2D eigenvalue weighted by Gasteiger charge is -2.10. The highest BCUT2D eigenvalue weighted by molar-refractivity contribution is 5.91. The van der Waals surface area contributed by atoms with E-state index in [4.69, 9.17) is 4.74 Å². The monoisotopic (exact) mass is 355 g/mol. The van der Waals surface area contributed by atoms with Crippen molar-refractivity contribution in [1.29, 1.82) is 0 Å². The average Bonchev–Trinajstić information content (AvgIpc) is 2.65. The van der Waals surface area contributed by atoms with Crippen molar-refractivity contribution < 1.29 is 18.3 Å². The molecular formula is C19H15F2N3O2. The molecule has 1 heterocycles. The van der Waals surface area contributed by atoms with Gasteiger partial charge in [-0.05, 0) is 36.4 Å². The molecule has 26 heavy (non-hydrogen) atoms. The Labute approximate surface area is 148 Å². The molecule has 0 aliphatic heterocycles. The Bertz CT molecular complexity index is 867. The molecule has 0 unspecified atom stereocenters. The van der Waals surface area contributed by atoms with Crippen LogP contribution in [0.4, 0.5) is 26.0 Å². The van der Waals surface area contributed by atoms with Crippen LogP contribution in [0.1, 0.15) is 0 Å². The first-order valence-electron chi connectivity index (χ1n) is 7.76. The summed E-state index contributed by atoms with van der Waals surface area (Å²) in [5, 5.41) is 5.19. The molecule has 2 N–H and O–H groups in total. The third-order valence-corrected chi connectivity index (χ3v) is 3.38. The van der Waals surface area contributed by atoms with Gasteiger partial charge in [-0.15, -0.1) is 0 Å². The molecule has 0 fully saturated rings. The smallest absolute Gasteiger partial charge is 0.262 e. The lowest BCUT2D eigenvalue weighted by Crippen LogP contribution is -2.20. The van der Waals surface area contributed by atoms with Gasteiger partial charge in [0.25, 0.3) is 5.91 Å². The first-order chi connectivity index (χ1) is 12.6. The van der Waals surface area contributed by atoms with E-state index in [0.717, 1.165) is 12.1 Å². The van der Waals surface area contributed by atoms with Crippen molar-refractivity contribution >= 4 is 23.1 Å². The summed E-state index contributed by atoms with van der Waals surface area (Å²) in [7, 11) is 0. The van der Waals surface area contributed by atoms with E-state index in [1.807, 2.05) is 6.07 Å². The van der Waals surface area contributed by atoms with Gasteiger partial charge in [0.2, 0.25) is 0 Å². The quantitative estimate of drug-likeness (QED) is 0.698. The third kappa shape index (κ3) is 4.54. The Morgan fingerprint density at radius 1 is 0.962 bits per heavy atom. The number of pyridine rings is 1. The van der Waals surface area contributed by atoms with Crippen LogP contribution < -0.4 is 15.4 Å². The number of hydrogen-bond donors (Lipinski definition) is 2. The van der Waals surface area contributed by atoms with Gasteiger partial charge in [-0.1, -0.05) is 24.3 Å². The molecule has 0 saturated carbocycles. The molecule has 1 aromatic heterocycles. The molecule has 0 atom stereocenters. The van der Waals surface area contributed by atoms with Crippen molar-refractivity contribution in [3.05, 3.63) is 78.5 Å². The molecule has 0 saturated heterocycles. The summed E-state index contributed by atoms with van der Waals surface area (Å²) < 4.78 is 32.6. The number of ether oxygens (including phenoxy) is 1. The highest BCUT2D eigenvalue weighted by atomic mass is 19.1. The Kier molecular flexibility index (Phi) is 5.38. The van der Waals surface area contributed by atoms with Gasteiger partial charge < -0.3 is 15.4 Å². The number of aromatic nitrogens is 1. The Morgan fingerprint density at radius 3 is 2.35 bits per heavy atom. The minimum Gasteiger partial charge on any atom is -0.484 e. The van der Waals surface area contributed by atoms with E-state index in [1.165, 1.54) is 18.3 Å². The van der Waals surface area contributed by atoms with Crippen molar-refractivity contribution in [2.24, 2.45) is 0 Å². The number of hydrogen-bond acceptors (Lipinski definition) is 4. The molecule has 2 aromatic carbocycles. The van der Waals surface area contributed by atoms with Crippen LogP contribution in [0, 0.1) is 11.6 Å². The number of anilines is 3. The van der Waals surface area contributed by atoms with Gasteiger partial charge in [-0.2, -0.15) is 0 Å². The van der Waals surface area contributed by atoms with Gasteiger partial charge in [0.05, 0.1) is 11.9 Å². The van der Waals surface area contributed by atoms with E-state index in [0.29, 0.717) is 11.4 Å². The summed E-state index contributed by atoms with van der Waals surface area (Å²) in [6.07, 6.45) is 1.38. The summed E-state index contributed by atoms with van der Waals surface area (Å²) in [6.45, 7) is -0.148. The van der Waals surface area contributed by atoms with Gasteiger partial charge in [0, 0.05) is 0 Å². The zero-order valence-corrected chi connectivity index (χ0v) is 13.6. The third-order valence-electron chi connectivity index (χ3n) is 3.38. The number of benzene rings is 2. The number of nitrogens with one attached hydrogen (secondary N) is 2. The van der Waals surface area contributed by atoms with Gasteiger partial charge in [0.1, 0.15) is 28.9 Å². The molecule has 132 valence electrons. The van der Waals surface area contributed by atoms with Crippen LogP contribution in [0.5, 0.6) is 5.75 Å². The number of carbonyl (C=O) groups excluding carboxylic acids is 1. The van der Waals surface area contributed by atoms with E-state index in [-0.39, 0.29) is 24.0 Å². The lowest BCUT2D eigenvalue weighted by molar-refractivity contribution is -0.118. The number of amides is 1. The zero-order valence-electron chi connectivity index (χ0n) is 13.6. The SMILES string of the molecule is O=C(COc1ccccc1)Nc1ccc(Nc2c(F)cccc2F)nc1. The zero-order chi connectivity index (χ0) is 18.4. The maximum absolute atomic E-state index is 13.6. The molecule has 7 heteroatoms. The van der Waals surface area contributed by atoms with Crippen LogP contribution in [0.3, 0.4) is 0 Å². The summed E-state index contributed by atoms with van der Waals surface area (Å²) in [4.78, 5) is 15.9. The molecule has 0 bridgehead atoms. The van der Waals surface area contributed by atoms with Crippen LogP contribution in [0.15, 0.2) is 66.9 Å². The fourth-order valence-electron chi connectivity index (χ4n) is 2.15. The maximum atomic E-state index is 13.6. The Balaban J connectivity index is 1.56. The van der Waals surface area contributed by atoms with Crippen molar-refractivity contribution in [3.8, 4) is 5.75 Å². The molecule has 1 amide bonds. The van der Waals surface area contributed by atoms with Crippen molar-refractivity contribution in [2.45, 2.75) is 0 Å².